The third-order valence-electron chi connectivity index (χ3n) is 3.73. The summed E-state index contributed by atoms with van der Waals surface area (Å²) < 4.78 is 5.18. The van der Waals surface area contributed by atoms with Crippen molar-refractivity contribution in [3.63, 3.8) is 0 Å². The predicted molar refractivity (Wildman–Crippen MR) is 82.6 cm³/mol. The van der Waals surface area contributed by atoms with E-state index >= 15 is 0 Å². The second-order valence-corrected chi connectivity index (χ2v) is 5.63. The largest absolute Gasteiger partial charge is 0.393 e. The van der Waals surface area contributed by atoms with Crippen LogP contribution in [0.1, 0.15) is 23.5 Å². The Kier molecular flexibility index (Phi) is 5.31. The first kappa shape index (κ1) is 14.4. The summed E-state index contributed by atoms with van der Waals surface area (Å²) in [4.78, 5) is 3.00. The monoisotopic (exact) mass is 278 g/mol. The summed E-state index contributed by atoms with van der Waals surface area (Å²) in [5, 5.41) is 0. The third-order valence-corrected chi connectivity index (χ3v) is 3.93. The third kappa shape index (κ3) is 4.00. The summed E-state index contributed by atoms with van der Waals surface area (Å²) in [6, 6.07) is 8.70. The van der Waals surface area contributed by atoms with Crippen molar-refractivity contribution in [1.82, 2.24) is 4.90 Å². The van der Waals surface area contributed by atoms with Crippen LogP contribution in [-0.2, 0) is 11.2 Å². The number of benzene rings is 1. The Labute approximate surface area is 120 Å². The molecule has 0 fully saturated rings. The van der Waals surface area contributed by atoms with E-state index in [0.29, 0.717) is 10.9 Å². The summed E-state index contributed by atoms with van der Waals surface area (Å²) >= 11 is 4.97. The van der Waals surface area contributed by atoms with E-state index < -0.39 is 0 Å². The lowest BCUT2D eigenvalue weighted by molar-refractivity contribution is 0.143. The minimum Gasteiger partial charge on any atom is -0.393 e. The molecule has 1 aliphatic rings. The van der Waals surface area contributed by atoms with Gasteiger partial charge in [-0.15, -0.1) is 0 Å². The van der Waals surface area contributed by atoms with Crippen LogP contribution in [0, 0.1) is 0 Å². The van der Waals surface area contributed by atoms with Crippen molar-refractivity contribution >= 4 is 17.2 Å². The van der Waals surface area contributed by atoms with Gasteiger partial charge in [0.15, 0.2) is 0 Å². The van der Waals surface area contributed by atoms with Gasteiger partial charge in [0.1, 0.15) is 0 Å². The molecule has 0 spiro atoms. The molecule has 3 nitrogen and oxygen atoms in total. The molecule has 2 rings (SSSR count). The molecule has 0 aliphatic heterocycles. The second-order valence-electron chi connectivity index (χ2n) is 5.11. The Morgan fingerprint density at radius 1 is 1.42 bits per heavy atom. The van der Waals surface area contributed by atoms with Gasteiger partial charge in [-0.25, -0.2) is 0 Å². The molecule has 2 N–H and O–H groups in total. The van der Waals surface area contributed by atoms with Crippen LogP contribution in [0.4, 0.5) is 0 Å². The van der Waals surface area contributed by atoms with Gasteiger partial charge in [0.25, 0.3) is 0 Å². The van der Waals surface area contributed by atoms with Gasteiger partial charge in [-0.2, -0.15) is 0 Å². The average molecular weight is 278 g/mol. The van der Waals surface area contributed by atoms with Gasteiger partial charge in [-0.3, -0.25) is 0 Å². The van der Waals surface area contributed by atoms with E-state index in [0.717, 1.165) is 32.7 Å². The highest BCUT2D eigenvalue weighted by atomic mass is 32.1. The van der Waals surface area contributed by atoms with Gasteiger partial charge >= 0.3 is 0 Å². The number of hydrogen-bond donors (Lipinski definition) is 1. The molecular weight excluding hydrogens is 256 g/mol. The number of fused-ring (bicyclic) bond motifs is 1. The van der Waals surface area contributed by atoms with E-state index in [4.69, 9.17) is 22.7 Å². The van der Waals surface area contributed by atoms with Crippen molar-refractivity contribution in [2.75, 3.05) is 33.4 Å². The molecular formula is C15H22N2OS. The normalized spacial score (nSPS) is 17.1. The van der Waals surface area contributed by atoms with Crippen LogP contribution in [0.3, 0.4) is 0 Å². The van der Waals surface area contributed by atoms with Gasteiger partial charge in [0.05, 0.1) is 11.6 Å². The summed E-state index contributed by atoms with van der Waals surface area (Å²) in [6.45, 7) is 3.70. The molecule has 1 aromatic rings. The van der Waals surface area contributed by atoms with Crippen LogP contribution < -0.4 is 5.73 Å². The number of thiocarbonyl (C=S) groups is 1. The number of hydrogen-bond acceptors (Lipinski definition) is 3. The lowest BCUT2D eigenvalue weighted by atomic mass is 9.77. The molecule has 0 radical (unpaired) electrons. The molecule has 0 bridgehead atoms. The quantitative estimate of drug-likeness (QED) is 0.738. The Hall–Kier alpha value is -0.970. The maximum absolute atomic E-state index is 5.60. The lowest BCUT2D eigenvalue weighted by Crippen LogP contribution is -2.37. The zero-order chi connectivity index (χ0) is 13.7. The second kappa shape index (κ2) is 6.98. The molecule has 104 valence electrons. The minimum absolute atomic E-state index is 0.594. The summed E-state index contributed by atoms with van der Waals surface area (Å²) in [7, 11) is 1.74. The maximum Gasteiger partial charge on any atom is 0.0740 e. The van der Waals surface area contributed by atoms with E-state index in [-0.39, 0.29) is 0 Å². The average Bonchev–Trinajstić information content (AvgIpc) is 2.38. The van der Waals surface area contributed by atoms with E-state index in [1.165, 1.54) is 17.5 Å². The number of rotatable bonds is 8. The van der Waals surface area contributed by atoms with Crippen molar-refractivity contribution in [1.29, 1.82) is 0 Å². The SMILES string of the molecule is COCCN(CCC(N)=S)CC1Cc2ccccc21. The first-order valence-corrected chi connectivity index (χ1v) is 7.19. The standard InChI is InChI=1S/C15H22N2OS/c1-18-9-8-17(7-6-15(16)19)11-13-10-12-4-2-3-5-14(12)13/h2-5,13H,6-11H2,1H3,(H2,16,19). The van der Waals surface area contributed by atoms with Gasteiger partial charge in [0, 0.05) is 39.1 Å². The fourth-order valence-corrected chi connectivity index (χ4v) is 2.71. The lowest BCUT2D eigenvalue weighted by Gasteiger charge is -2.34. The van der Waals surface area contributed by atoms with E-state index in [9.17, 15) is 0 Å². The smallest absolute Gasteiger partial charge is 0.0740 e. The number of nitrogens with two attached hydrogens (primary N) is 1. The Bertz CT molecular complexity index is 436. The first-order valence-electron chi connectivity index (χ1n) is 6.78. The van der Waals surface area contributed by atoms with Gasteiger partial charge in [-0.1, -0.05) is 36.5 Å². The van der Waals surface area contributed by atoms with Crippen molar-refractivity contribution in [2.24, 2.45) is 5.73 Å². The van der Waals surface area contributed by atoms with Crippen LogP contribution in [-0.4, -0.2) is 43.2 Å². The molecule has 0 aromatic heterocycles. The Balaban J connectivity index is 1.88. The number of methoxy groups -OCH3 is 1. The van der Waals surface area contributed by atoms with Crippen molar-refractivity contribution < 1.29 is 4.74 Å². The molecule has 1 aliphatic carbocycles. The highest BCUT2D eigenvalue weighted by molar-refractivity contribution is 7.80. The minimum atomic E-state index is 0.594. The molecule has 19 heavy (non-hydrogen) atoms. The first-order chi connectivity index (χ1) is 9.20. The summed E-state index contributed by atoms with van der Waals surface area (Å²) in [6.07, 6.45) is 1.97. The van der Waals surface area contributed by atoms with E-state index in [2.05, 4.69) is 29.2 Å². The van der Waals surface area contributed by atoms with Crippen LogP contribution in [0.2, 0.25) is 0 Å². The topological polar surface area (TPSA) is 38.5 Å². The Morgan fingerprint density at radius 2 is 2.21 bits per heavy atom. The van der Waals surface area contributed by atoms with Crippen LogP contribution >= 0.6 is 12.2 Å². The summed E-state index contributed by atoms with van der Waals surface area (Å²) in [5.41, 5.74) is 8.59. The molecule has 0 amide bonds. The van der Waals surface area contributed by atoms with Crippen molar-refractivity contribution in [2.45, 2.75) is 18.8 Å². The maximum atomic E-state index is 5.60. The molecule has 0 saturated carbocycles. The molecule has 0 heterocycles. The van der Waals surface area contributed by atoms with Gasteiger partial charge in [0.2, 0.25) is 0 Å². The fourth-order valence-electron chi connectivity index (χ4n) is 2.62. The molecule has 4 heteroatoms. The molecule has 1 aromatic carbocycles. The zero-order valence-corrected chi connectivity index (χ0v) is 12.3. The molecule has 1 atom stereocenters. The Morgan fingerprint density at radius 3 is 2.89 bits per heavy atom. The van der Waals surface area contributed by atoms with Crippen molar-refractivity contribution in [3.05, 3.63) is 35.4 Å². The number of nitrogens with zero attached hydrogens (tertiary/aromatic N) is 1. The van der Waals surface area contributed by atoms with Gasteiger partial charge in [-0.05, 0) is 17.5 Å². The molecule has 1 unspecified atom stereocenters. The van der Waals surface area contributed by atoms with Crippen LogP contribution in [0.25, 0.3) is 0 Å². The predicted octanol–water partition coefficient (Wildman–Crippen LogP) is 1.95. The van der Waals surface area contributed by atoms with Crippen LogP contribution in [0.15, 0.2) is 24.3 Å². The zero-order valence-electron chi connectivity index (χ0n) is 11.5. The highest BCUT2D eigenvalue weighted by Gasteiger charge is 2.26. The molecule has 0 saturated heterocycles. The van der Waals surface area contributed by atoms with E-state index in [1.54, 1.807) is 7.11 Å². The van der Waals surface area contributed by atoms with Gasteiger partial charge < -0.3 is 15.4 Å². The highest BCUT2D eigenvalue weighted by Crippen LogP contribution is 2.35. The van der Waals surface area contributed by atoms with Crippen LogP contribution in [0.5, 0.6) is 0 Å². The van der Waals surface area contributed by atoms with E-state index in [1.807, 2.05) is 0 Å². The number of ether oxygens (including phenoxy) is 1. The van der Waals surface area contributed by atoms with Crippen molar-refractivity contribution in [3.8, 4) is 0 Å². The summed E-state index contributed by atoms with van der Waals surface area (Å²) in [5.74, 6) is 0.652. The fraction of sp³-hybridized carbons (Fsp3) is 0.533.